The van der Waals surface area contributed by atoms with Gasteiger partial charge in [0.15, 0.2) is 0 Å². The molecule has 50 heavy (non-hydrogen) atoms. The lowest BCUT2D eigenvalue weighted by Crippen LogP contribution is -2.37. The summed E-state index contributed by atoms with van der Waals surface area (Å²) in [5.41, 5.74) is 7.63. The van der Waals surface area contributed by atoms with Crippen LogP contribution < -0.4 is 10.6 Å². The molecule has 0 bridgehead atoms. The van der Waals surface area contributed by atoms with Crippen LogP contribution in [0.3, 0.4) is 0 Å². The van der Waals surface area contributed by atoms with Gasteiger partial charge in [-0.25, -0.2) is 0 Å². The Hall–Kier alpha value is -3.82. The highest BCUT2D eigenvalue weighted by atomic mass is 35.5. The van der Waals surface area contributed by atoms with Crippen molar-refractivity contribution in [3.8, 4) is 11.1 Å². The maximum absolute atomic E-state index is 13.6. The third kappa shape index (κ3) is 7.45. The number of halogens is 2. The molecule has 260 valence electrons. The number of piperidine rings is 1. The first kappa shape index (κ1) is 34.6. The molecule has 2 amide bonds. The first-order valence-corrected chi connectivity index (χ1v) is 18.6. The van der Waals surface area contributed by atoms with Gasteiger partial charge in [0, 0.05) is 55.2 Å². The van der Waals surface area contributed by atoms with Crippen molar-refractivity contribution in [3.63, 3.8) is 0 Å². The third-order valence-corrected chi connectivity index (χ3v) is 11.3. The number of rotatable bonds is 9. The van der Waals surface area contributed by atoms with Crippen LogP contribution in [0.2, 0.25) is 10.0 Å². The molecule has 1 saturated carbocycles. The molecule has 8 nitrogen and oxygen atoms in total. The van der Waals surface area contributed by atoms with Gasteiger partial charge in [-0.3, -0.25) is 29.4 Å². The zero-order valence-corrected chi connectivity index (χ0v) is 30.4. The van der Waals surface area contributed by atoms with E-state index in [0.717, 1.165) is 56.6 Å². The third-order valence-electron chi connectivity index (χ3n) is 10.5. The summed E-state index contributed by atoms with van der Waals surface area (Å²) in [6.45, 7) is 10.4. The fourth-order valence-corrected chi connectivity index (χ4v) is 7.76. The lowest BCUT2D eigenvalue weighted by Gasteiger charge is -2.33. The summed E-state index contributed by atoms with van der Waals surface area (Å²) >= 11 is 13.8. The number of hydrogen-bond donors (Lipinski definition) is 2. The molecule has 2 fully saturated rings. The average Bonchev–Trinajstić information content (AvgIpc) is 3.96. The maximum Gasteiger partial charge on any atom is 0.274 e. The zero-order valence-electron chi connectivity index (χ0n) is 28.9. The molecule has 2 aromatic heterocycles. The number of anilines is 2. The minimum absolute atomic E-state index is 0.314. The predicted octanol–water partition coefficient (Wildman–Crippen LogP) is 8.97. The van der Waals surface area contributed by atoms with Crippen LogP contribution >= 0.6 is 23.2 Å². The predicted molar refractivity (Wildman–Crippen MR) is 201 cm³/mol. The quantitative estimate of drug-likeness (QED) is 0.180. The van der Waals surface area contributed by atoms with Crippen molar-refractivity contribution < 1.29 is 9.59 Å². The Labute approximate surface area is 304 Å². The minimum atomic E-state index is -0.334. The zero-order chi connectivity index (χ0) is 34.9. The summed E-state index contributed by atoms with van der Waals surface area (Å²) in [6, 6.07) is 15.7. The Balaban J connectivity index is 1.07. The SMILES string of the molecule is CC(C)N1CCc2cc(C(=O)Nc3cccc(-c4cccc(NC(=O)c5cc(C6CC6)c(CN6CCCC[C@H]6C)cn5)c4Cl)c3Cl)ncc2C1. The first-order chi connectivity index (χ1) is 24.2. The Kier molecular flexibility index (Phi) is 10.3. The second kappa shape index (κ2) is 14.8. The Bertz CT molecular complexity index is 1930. The van der Waals surface area contributed by atoms with E-state index in [1.165, 1.54) is 30.4 Å². The highest BCUT2D eigenvalue weighted by Gasteiger charge is 2.29. The molecule has 4 heterocycles. The van der Waals surface area contributed by atoms with Gasteiger partial charge in [0.05, 0.1) is 21.4 Å². The van der Waals surface area contributed by atoms with Crippen LogP contribution in [0, 0.1) is 0 Å². The molecule has 2 N–H and O–H groups in total. The van der Waals surface area contributed by atoms with E-state index in [4.69, 9.17) is 23.2 Å². The van der Waals surface area contributed by atoms with Gasteiger partial charge in [-0.15, -0.1) is 0 Å². The van der Waals surface area contributed by atoms with Gasteiger partial charge in [0.25, 0.3) is 11.8 Å². The average molecular weight is 712 g/mol. The van der Waals surface area contributed by atoms with E-state index in [1.807, 2.05) is 48.8 Å². The molecular weight excluding hydrogens is 667 g/mol. The number of pyridine rings is 2. The van der Waals surface area contributed by atoms with Gasteiger partial charge in [-0.05, 0) is 112 Å². The summed E-state index contributed by atoms with van der Waals surface area (Å²) in [5.74, 6) is -0.162. The number of benzene rings is 2. The molecule has 0 radical (unpaired) electrons. The monoisotopic (exact) mass is 710 g/mol. The van der Waals surface area contributed by atoms with E-state index < -0.39 is 0 Å². The highest BCUT2D eigenvalue weighted by molar-refractivity contribution is 6.40. The summed E-state index contributed by atoms with van der Waals surface area (Å²) in [7, 11) is 0. The van der Waals surface area contributed by atoms with Crippen molar-refractivity contribution >= 4 is 46.4 Å². The number of hydrogen-bond acceptors (Lipinski definition) is 6. The lowest BCUT2D eigenvalue weighted by molar-refractivity contribution is 0.101. The van der Waals surface area contributed by atoms with Crippen molar-refractivity contribution in [2.45, 2.75) is 90.4 Å². The molecule has 2 aromatic carbocycles. The molecule has 1 aliphatic carbocycles. The van der Waals surface area contributed by atoms with Gasteiger partial charge in [-0.1, -0.05) is 53.9 Å². The number of likely N-dealkylation sites (tertiary alicyclic amines) is 1. The molecule has 0 spiro atoms. The number of amides is 2. The van der Waals surface area contributed by atoms with Crippen molar-refractivity contribution in [1.29, 1.82) is 0 Å². The number of carbonyl (C=O) groups is 2. The van der Waals surface area contributed by atoms with E-state index in [0.29, 0.717) is 61.9 Å². The van der Waals surface area contributed by atoms with Gasteiger partial charge in [0.1, 0.15) is 11.4 Å². The number of aromatic nitrogens is 2. The molecule has 7 rings (SSSR count). The van der Waals surface area contributed by atoms with E-state index in [-0.39, 0.29) is 11.8 Å². The van der Waals surface area contributed by atoms with Gasteiger partial charge in [0.2, 0.25) is 0 Å². The number of fused-ring (bicyclic) bond motifs is 1. The normalized spacial score (nSPS) is 18.2. The van der Waals surface area contributed by atoms with Gasteiger partial charge < -0.3 is 10.6 Å². The van der Waals surface area contributed by atoms with E-state index in [9.17, 15) is 9.59 Å². The Morgan fingerprint density at radius 3 is 2.10 bits per heavy atom. The molecular formula is C40H44Cl2N6O2. The smallest absolute Gasteiger partial charge is 0.274 e. The number of nitrogens with one attached hydrogen (secondary N) is 2. The van der Waals surface area contributed by atoms with Crippen molar-refractivity contribution in [2.24, 2.45) is 0 Å². The van der Waals surface area contributed by atoms with E-state index in [1.54, 1.807) is 12.1 Å². The molecule has 0 unspecified atom stereocenters. The van der Waals surface area contributed by atoms with Crippen LogP contribution in [-0.2, 0) is 19.5 Å². The maximum atomic E-state index is 13.6. The Morgan fingerprint density at radius 2 is 1.48 bits per heavy atom. The lowest BCUT2D eigenvalue weighted by atomic mass is 9.99. The summed E-state index contributed by atoms with van der Waals surface area (Å²) in [5, 5.41) is 6.61. The van der Waals surface area contributed by atoms with Gasteiger partial charge in [-0.2, -0.15) is 0 Å². The van der Waals surface area contributed by atoms with Crippen LogP contribution in [0.1, 0.15) is 102 Å². The summed E-state index contributed by atoms with van der Waals surface area (Å²) in [6.07, 6.45) is 10.6. The second-order valence-electron chi connectivity index (χ2n) is 14.3. The van der Waals surface area contributed by atoms with Gasteiger partial charge >= 0.3 is 0 Å². The minimum Gasteiger partial charge on any atom is -0.319 e. The Morgan fingerprint density at radius 1 is 0.840 bits per heavy atom. The fourth-order valence-electron chi connectivity index (χ4n) is 7.21. The first-order valence-electron chi connectivity index (χ1n) is 17.8. The second-order valence-corrected chi connectivity index (χ2v) is 15.0. The van der Waals surface area contributed by atoms with Crippen molar-refractivity contribution in [2.75, 3.05) is 23.7 Å². The van der Waals surface area contributed by atoms with Crippen molar-refractivity contribution in [3.05, 3.63) is 105 Å². The largest absolute Gasteiger partial charge is 0.319 e. The van der Waals surface area contributed by atoms with Crippen LogP contribution in [-0.4, -0.2) is 56.8 Å². The molecule has 4 aromatic rings. The summed E-state index contributed by atoms with van der Waals surface area (Å²) < 4.78 is 0. The molecule has 1 atom stereocenters. The molecule has 1 saturated heterocycles. The number of nitrogens with zero attached hydrogens (tertiary/aromatic N) is 4. The standard InChI is InChI=1S/C40H44Cl2N6O2/c1-24(2)47-17-15-27-18-35(43-20-28(27)22-47)39(49)45-33-11-6-9-30(37(33)41)31-10-7-12-34(38(31)42)46-40(50)36-19-32(26-13-14-26)29(21-44-36)23-48-16-5-4-8-25(48)3/h6-7,9-12,18-21,24-26H,4-5,8,13-17,22-23H2,1-3H3,(H,45,49)(H,46,50)/t25-/m1/s1. The van der Waals surface area contributed by atoms with Crippen LogP contribution in [0.25, 0.3) is 11.1 Å². The fraction of sp³-hybridized carbons (Fsp3) is 0.400. The van der Waals surface area contributed by atoms with Crippen molar-refractivity contribution in [1.82, 2.24) is 19.8 Å². The van der Waals surface area contributed by atoms with E-state index >= 15 is 0 Å². The summed E-state index contributed by atoms with van der Waals surface area (Å²) in [4.78, 5) is 40.9. The molecule has 2 aliphatic heterocycles. The van der Waals surface area contributed by atoms with Crippen LogP contribution in [0.5, 0.6) is 0 Å². The molecule has 3 aliphatic rings. The highest BCUT2D eigenvalue weighted by Crippen LogP contribution is 2.43. The van der Waals surface area contributed by atoms with Crippen LogP contribution in [0.15, 0.2) is 60.9 Å². The number of carbonyl (C=O) groups excluding carboxylic acids is 2. The molecule has 10 heteroatoms. The topological polar surface area (TPSA) is 90.5 Å². The van der Waals surface area contributed by atoms with E-state index in [2.05, 4.69) is 51.2 Å². The van der Waals surface area contributed by atoms with Crippen LogP contribution in [0.4, 0.5) is 11.4 Å².